The molecular formula is C12H21N5S2. The number of thioether (sulfide) groups is 2. The first-order chi connectivity index (χ1) is 9.21. The monoisotopic (exact) mass is 299 g/mol. The molecule has 0 amide bonds. The molecule has 0 aromatic carbocycles. The predicted octanol–water partition coefficient (Wildman–Crippen LogP) is 2.07. The molecule has 1 N–H and O–H groups in total. The lowest BCUT2D eigenvalue weighted by Crippen LogP contribution is -2.33. The number of likely N-dealkylation sites (tertiary alicyclic amines) is 1. The van der Waals surface area contributed by atoms with Crippen molar-refractivity contribution < 1.29 is 0 Å². The van der Waals surface area contributed by atoms with Crippen molar-refractivity contribution in [2.24, 2.45) is 5.92 Å². The van der Waals surface area contributed by atoms with Crippen LogP contribution in [-0.4, -0.2) is 59.0 Å². The minimum Gasteiger partial charge on any atom is -0.354 e. The molecule has 1 aliphatic rings. The van der Waals surface area contributed by atoms with Crippen LogP contribution in [0.1, 0.15) is 12.8 Å². The van der Waals surface area contributed by atoms with Gasteiger partial charge in [-0.25, -0.2) is 0 Å². The van der Waals surface area contributed by atoms with Crippen LogP contribution < -0.4 is 5.32 Å². The van der Waals surface area contributed by atoms with Gasteiger partial charge in [-0.2, -0.15) is 15.0 Å². The van der Waals surface area contributed by atoms with Crippen molar-refractivity contribution in [3.8, 4) is 0 Å². The number of aromatic nitrogens is 3. The molecule has 1 aromatic rings. The Morgan fingerprint density at radius 3 is 2.21 bits per heavy atom. The Morgan fingerprint density at radius 2 is 1.68 bits per heavy atom. The Hall–Kier alpha value is -0.530. The van der Waals surface area contributed by atoms with Gasteiger partial charge in [0.05, 0.1) is 0 Å². The first kappa shape index (κ1) is 14.9. The Morgan fingerprint density at radius 1 is 1.11 bits per heavy atom. The lowest BCUT2D eigenvalue weighted by Gasteiger charge is -2.28. The Bertz CT molecular complexity index is 385. The van der Waals surface area contributed by atoms with Gasteiger partial charge in [0.15, 0.2) is 10.3 Å². The van der Waals surface area contributed by atoms with Crippen LogP contribution in [0.4, 0.5) is 5.95 Å². The molecule has 7 heteroatoms. The molecule has 2 rings (SSSR count). The van der Waals surface area contributed by atoms with Crippen LogP contribution in [0.2, 0.25) is 0 Å². The summed E-state index contributed by atoms with van der Waals surface area (Å²) in [5, 5.41) is 4.94. The summed E-state index contributed by atoms with van der Waals surface area (Å²) in [7, 11) is 2.19. The summed E-state index contributed by atoms with van der Waals surface area (Å²) in [4.78, 5) is 15.5. The molecule has 5 nitrogen and oxygen atoms in total. The van der Waals surface area contributed by atoms with E-state index in [4.69, 9.17) is 0 Å². The number of hydrogen-bond donors (Lipinski definition) is 1. The normalized spacial score (nSPS) is 17.6. The Balaban J connectivity index is 1.91. The molecule has 1 saturated heterocycles. The third-order valence-electron chi connectivity index (χ3n) is 3.35. The van der Waals surface area contributed by atoms with Gasteiger partial charge >= 0.3 is 0 Å². The van der Waals surface area contributed by atoms with Crippen molar-refractivity contribution in [3.63, 3.8) is 0 Å². The topological polar surface area (TPSA) is 53.9 Å². The maximum absolute atomic E-state index is 4.41. The predicted molar refractivity (Wildman–Crippen MR) is 82.1 cm³/mol. The van der Waals surface area contributed by atoms with Gasteiger partial charge in [-0.3, -0.25) is 0 Å². The summed E-state index contributed by atoms with van der Waals surface area (Å²) in [5.41, 5.74) is 0. The van der Waals surface area contributed by atoms with E-state index in [0.717, 1.165) is 22.8 Å². The molecule has 1 fully saturated rings. The van der Waals surface area contributed by atoms with E-state index in [1.807, 2.05) is 12.5 Å². The van der Waals surface area contributed by atoms with Gasteiger partial charge in [0.25, 0.3) is 0 Å². The van der Waals surface area contributed by atoms with Crippen molar-refractivity contribution in [1.82, 2.24) is 19.9 Å². The summed E-state index contributed by atoms with van der Waals surface area (Å²) in [6.07, 6.45) is 6.47. The zero-order valence-electron chi connectivity index (χ0n) is 11.7. The second-order valence-corrected chi connectivity index (χ2v) is 6.31. The fourth-order valence-electron chi connectivity index (χ4n) is 2.10. The van der Waals surface area contributed by atoms with Crippen LogP contribution in [0.5, 0.6) is 0 Å². The van der Waals surface area contributed by atoms with Crippen LogP contribution in [0, 0.1) is 5.92 Å². The zero-order valence-corrected chi connectivity index (χ0v) is 13.4. The van der Waals surface area contributed by atoms with Crippen LogP contribution in [0.15, 0.2) is 10.3 Å². The van der Waals surface area contributed by atoms with E-state index in [0.29, 0.717) is 5.95 Å². The van der Waals surface area contributed by atoms with Gasteiger partial charge in [-0.05, 0) is 51.4 Å². The fraction of sp³-hybridized carbons (Fsp3) is 0.750. The van der Waals surface area contributed by atoms with Gasteiger partial charge in [0, 0.05) is 6.54 Å². The first-order valence-corrected chi connectivity index (χ1v) is 8.92. The van der Waals surface area contributed by atoms with Crippen LogP contribution in [0.25, 0.3) is 0 Å². The number of rotatable bonds is 5. The lowest BCUT2D eigenvalue weighted by atomic mass is 9.97. The van der Waals surface area contributed by atoms with Crippen molar-refractivity contribution in [2.75, 3.05) is 44.5 Å². The second-order valence-electron chi connectivity index (χ2n) is 4.76. The molecule has 0 spiro atoms. The van der Waals surface area contributed by atoms with E-state index in [2.05, 4.69) is 32.2 Å². The summed E-state index contributed by atoms with van der Waals surface area (Å²) in [6, 6.07) is 0. The zero-order chi connectivity index (χ0) is 13.7. The summed E-state index contributed by atoms with van der Waals surface area (Å²) < 4.78 is 0. The third-order valence-corrected chi connectivity index (χ3v) is 4.44. The molecule has 1 aromatic heterocycles. The highest BCUT2D eigenvalue weighted by molar-refractivity contribution is 7.99. The van der Waals surface area contributed by atoms with Gasteiger partial charge in [0.1, 0.15) is 0 Å². The number of nitrogens with one attached hydrogen (secondary N) is 1. The maximum atomic E-state index is 4.41. The number of anilines is 1. The minimum absolute atomic E-state index is 0.711. The smallest absolute Gasteiger partial charge is 0.227 e. The van der Waals surface area contributed by atoms with Gasteiger partial charge < -0.3 is 10.2 Å². The van der Waals surface area contributed by atoms with E-state index >= 15 is 0 Å². The third kappa shape index (κ3) is 4.50. The highest BCUT2D eigenvalue weighted by atomic mass is 32.2. The van der Waals surface area contributed by atoms with Crippen LogP contribution in [-0.2, 0) is 0 Å². The van der Waals surface area contributed by atoms with E-state index < -0.39 is 0 Å². The van der Waals surface area contributed by atoms with Gasteiger partial charge in [-0.1, -0.05) is 23.5 Å². The van der Waals surface area contributed by atoms with E-state index in [-0.39, 0.29) is 0 Å². The van der Waals surface area contributed by atoms with E-state index in [9.17, 15) is 0 Å². The summed E-state index contributed by atoms with van der Waals surface area (Å²) in [6.45, 7) is 3.34. The summed E-state index contributed by atoms with van der Waals surface area (Å²) in [5.74, 6) is 1.44. The lowest BCUT2D eigenvalue weighted by molar-refractivity contribution is 0.226. The first-order valence-electron chi connectivity index (χ1n) is 6.47. The molecule has 1 aliphatic heterocycles. The van der Waals surface area contributed by atoms with Crippen molar-refractivity contribution in [2.45, 2.75) is 23.2 Å². The molecule has 2 heterocycles. The van der Waals surface area contributed by atoms with Crippen molar-refractivity contribution in [1.29, 1.82) is 0 Å². The van der Waals surface area contributed by atoms with Gasteiger partial charge in [0.2, 0.25) is 5.95 Å². The SMILES string of the molecule is CSc1nc(NCC2CCN(C)CC2)nc(SC)n1. The highest BCUT2D eigenvalue weighted by Gasteiger charge is 2.16. The Labute approximate surface area is 123 Å². The van der Waals surface area contributed by atoms with Crippen LogP contribution >= 0.6 is 23.5 Å². The average Bonchev–Trinajstić information content (AvgIpc) is 2.46. The molecule has 0 aliphatic carbocycles. The number of hydrogen-bond acceptors (Lipinski definition) is 7. The molecule has 19 heavy (non-hydrogen) atoms. The number of nitrogens with zero attached hydrogens (tertiary/aromatic N) is 4. The van der Waals surface area contributed by atoms with Crippen molar-refractivity contribution in [3.05, 3.63) is 0 Å². The second kappa shape index (κ2) is 7.31. The molecule has 0 saturated carbocycles. The molecule has 106 valence electrons. The highest BCUT2D eigenvalue weighted by Crippen LogP contribution is 2.19. The van der Waals surface area contributed by atoms with E-state index in [1.54, 1.807) is 23.5 Å². The molecule has 0 radical (unpaired) electrons. The maximum Gasteiger partial charge on any atom is 0.227 e. The van der Waals surface area contributed by atoms with Gasteiger partial charge in [-0.15, -0.1) is 0 Å². The quantitative estimate of drug-likeness (QED) is 0.835. The average molecular weight is 299 g/mol. The molecule has 0 bridgehead atoms. The van der Waals surface area contributed by atoms with Crippen molar-refractivity contribution >= 4 is 29.5 Å². The molecule has 0 unspecified atom stereocenters. The van der Waals surface area contributed by atoms with E-state index in [1.165, 1.54) is 25.9 Å². The molecular weight excluding hydrogens is 278 g/mol. The fourth-order valence-corrected chi connectivity index (χ4v) is 2.87. The van der Waals surface area contributed by atoms with Crippen LogP contribution in [0.3, 0.4) is 0 Å². The molecule has 0 atom stereocenters. The largest absolute Gasteiger partial charge is 0.354 e. The standard InChI is InChI=1S/C12H21N5S2/c1-17-6-4-9(5-7-17)8-13-10-14-11(18-2)16-12(15-10)19-3/h9H,4-8H2,1-3H3,(H,13,14,15,16). The number of piperidine rings is 1. The Kier molecular flexibility index (Phi) is 5.72. The summed E-state index contributed by atoms with van der Waals surface area (Å²) >= 11 is 3.10. The minimum atomic E-state index is 0.711.